The van der Waals surface area contributed by atoms with Crippen LogP contribution in [-0.2, 0) is 38.4 Å². The summed E-state index contributed by atoms with van der Waals surface area (Å²) in [5, 5.41) is 24.1. The zero-order valence-electron chi connectivity index (χ0n) is 29.2. The van der Waals surface area contributed by atoms with Crippen LogP contribution in [0.25, 0.3) is 0 Å². The van der Waals surface area contributed by atoms with Gasteiger partial charge in [0.05, 0.1) is 12.2 Å². The van der Waals surface area contributed by atoms with E-state index >= 15 is 0 Å². The smallest absolute Gasteiger partial charge is 0.325 e. The predicted molar refractivity (Wildman–Crippen MR) is 175 cm³/mol. The molecule has 0 aliphatic carbocycles. The first-order chi connectivity index (χ1) is 22.3. The van der Waals surface area contributed by atoms with Gasteiger partial charge in [0, 0.05) is 13.5 Å². The molecular weight excluding hydrogens is 626 g/mol. The fourth-order valence-electron chi connectivity index (χ4n) is 5.01. The van der Waals surface area contributed by atoms with Gasteiger partial charge in [-0.15, -0.1) is 0 Å². The van der Waals surface area contributed by atoms with Crippen molar-refractivity contribution in [2.75, 3.05) is 13.1 Å². The Morgan fingerprint density at radius 3 is 2.00 bits per heavy atom. The third kappa shape index (κ3) is 13.0. The van der Waals surface area contributed by atoms with Crippen LogP contribution in [-0.4, -0.2) is 101 Å². The number of carbonyl (C=O) groups is 8. The van der Waals surface area contributed by atoms with E-state index in [1.807, 2.05) is 13.8 Å². The number of rotatable bonds is 18. The molecule has 16 heteroatoms. The first kappa shape index (κ1) is 41.5. The van der Waals surface area contributed by atoms with E-state index in [0.717, 1.165) is 0 Å². The summed E-state index contributed by atoms with van der Waals surface area (Å²) in [5.74, 6) is -6.37. The molecule has 1 aliphatic rings. The third-order valence-electron chi connectivity index (χ3n) is 7.98. The van der Waals surface area contributed by atoms with Crippen LogP contribution in [0.15, 0.2) is 12.3 Å². The standard InChI is InChI=1S/C32H53N7O9/c1-10-18(6)26(30(45)35-20(8)32(47)48)38-29(44)25(17(4)5)37-27(42)19(7)34-28(43)23-12-11-13-39(23)31(46)22(14-16(2)3)36-24(41)15-33-21(9)40/h16-18,20,22-23,25-26H,7,10-15H2,1-6,8-9H3,(H,33,40)(H,34,43)(H,35,45)(H,36,41)(H,37,42)(H,38,44)(H,47,48)/t18-,20-,22-,23-,25-,26-/m0/s1. The van der Waals surface area contributed by atoms with E-state index < -0.39 is 83.4 Å². The number of hydrogen-bond acceptors (Lipinski definition) is 8. The van der Waals surface area contributed by atoms with Gasteiger partial charge in [-0.3, -0.25) is 38.4 Å². The predicted octanol–water partition coefficient (Wildman–Crippen LogP) is -0.465. The minimum atomic E-state index is -1.24. The van der Waals surface area contributed by atoms with Gasteiger partial charge < -0.3 is 41.9 Å². The minimum Gasteiger partial charge on any atom is -0.480 e. The molecule has 6 atom stereocenters. The molecule has 1 saturated heterocycles. The van der Waals surface area contributed by atoms with Gasteiger partial charge in [0.2, 0.25) is 35.4 Å². The van der Waals surface area contributed by atoms with Crippen molar-refractivity contribution in [3.63, 3.8) is 0 Å². The number of likely N-dealkylation sites (tertiary alicyclic amines) is 1. The summed E-state index contributed by atoms with van der Waals surface area (Å²) in [4.78, 5) is 102. The van der Waals surface area contributed by atoms with Crippen molar-refractivity contribution in [2.24, 2.45) is 17.8 Å². The fourth-order valence-corrected chi connectivity index (χ4v) is 5.01. The Kier molecular flexibility index (Phi) is 16.7. The van der Waals surface area contributed by atoms with Gasteiger partial charge in [0.25, 0.3) is 5.91 Å². The van der Waals surface area contributed by atoms with E-state index in [2.05, 4.69) is 38.5 Å². The lowest BCUT2D eigenvalue weighted by Crippen LogP contribution is -2.59. The highest BCUT2D eigenvalue weighted by Gasteiger charge is 2.39. The number of nitrogens with one attached hydrogen (secondary N) is 6. The second-order valence-corrected chi connectivity index (χ2v) is 13.0. The Morgan fingerprint density at radius 2 is 1.48 bits per heavy atom. The second-order valence-electron chi connectivity index (χ2n) is 13.0. The van der Waals surface area contributed by atoms with E-state index in [1.165, 1.54) is 18.7 Å². The Bertz CT molecular complexity index is 1240. The maximum atomic E-state index is 13.5. The van der Waals surface area contributed by atoms with Gasteiger partial charge in [-0.2, -0.15) is 0 Å². The maximum absolute atomic E-state index is 13.5. The van der Waals surface area contributed by atoms with E-state index in [4.69, 9.17) is 5.11 Å². The lowest BCUT2D eigenvalue weighted by Gasteiger charge is -2.30. The Hall–Kier alpha value is -4.50. The molecule has 7 amide bonds. The molecule has 0 aromatic carbocycles. The Balaban J connectivity index is 2.99. The van der Waals surface area contributed by atoms with Crippen LogP contribution in [0.5, 0.6) is 0 Å². The second kappa shape index (κ2) is 19.4. The molecule has 1 rings (SSSR count). The first-order valence-electron chi connectivity index (χ1n) is 16.3. The molecule has 1 fully saturated rings. The molecule has 1 aliphatic heterocycles. The van der Waals surface area contributed by atoms with Crippen molar-refractivity contribution >= 4 is 47.3 Å². The van der Waals surface area contributed by atoms with Gasteiger partial charge in [-0.05, 0) is 43.9 Å². The third-order valence-corrected chi connectivity index (χ3v) is 7.98. The average Bonchev–Trinajstić information content (AvgIpc) is 3.49. The summed E-state index contributed by atoms with van der Waals surface area (Å²) >= 11 is 0. The van der Waals surface area contributed by atoms with Crippen molar-refractivity contribution in [3.05, 3.63) is 12.3 Å². The highest BCUT2D eigenvalue weighted by molar-refractivity contribution is 6.02. The molecule has 0 aromatic heterocycles. The Labute approximate surface area is 282 Å². The van der Waals surface area contributed by atoms with Crippen LogP contribution in [0.3, 0.4) is 0 Å². The van der Waals surface area contributed by atoms with E-state index in [0.29, 0.717) is 25.7 Å². The summed E-state index contributed by atoms with van der Waals surface area (Å²) in [6, 6.07) is -5.30. The van der Waals surface area contributed by atoms with Crippen molar-refractivity contribution < 1.29 is 43.5 Å². The molecule has 48 heavy (non-hydrogen) atoms. The number of hydrogen-bond donors (Lipinski definition) is 7. The molecule has 0 spiro atoms. The van der Waals surface area contributed by atoms with Crippen molar-refractivity contribution in [1.29, 1.82) is 0 Å². The van der Waals surface area contributed by atoms with Gasteiger partial charge in [0.15, 0.2) is 0 Å². The molecule has 0 radical (unpaired) electrons. The summed E-state index contributed by atoms with van der Waals surface area (Å²) in [7, 11) is 0. The monoisotopic (exact) mass is 679 g/mol. The van der Waals surface area contributed by atoms with E-state index in [9.17, 15) is 38.4 Å². The molecule has 0 unspecified atom stereocenters. The molecule has 0 bridgehead atoms. The molecule has 1 heterocycles. The average molecular weight is 680 g/mol. The number of amides is 7. The van der Waals surface area contributed by atoms with Crippen LogP contribution >= 0.6 is 0 Å². The van der Waals surface area contributed by atoms with Crippen molar-refractivity contribution in [2.45, 2.75) is 111 Å². The molecule has 270 valence electrons. The SMILES string of the molecule is C=C(NC(=O)[C@@H]1CCCN1C(=O)[C@H](CC(C)C)NC(=O)CNC(C)=O)C(=O)N[C@H](C(=O)N[C@H](C(=O)N[C@@H](C)C(=O)O)[C@@H](C)CC)C(C)C. The molecule has 7 N–H and O–H groups in total. The molecular formula is C32H53N7O9. The summed E-state index contributed by atoms with van der Waals surface area (Å²) < 4.78 is 0. The lowest BCUT2D eigenvalue weighted by atomic mass is 9.96. The fraction of sp³-hybridized carbons (Fsp3) is 0.688. The summed E-state index contributed by atoms with van der Waals surface area (Å²) in [6.07, 6.45) is 1.59. The minimum absolute atomic E-state index is 0.0209. The van der Waals surface area contributed by atoms with E-state index in [-0.39, 0.29) is 30.6 Å². The van der Waals surface area contributed by atoms with Crippen molar-refractivity contribution in [3.8, 4) is 0 Å². The van der Waals surface area contributed by atoms with Crippen LogP contribution in [0.4, 0.5) is 0 Å². The number of carboxylic acids is 1. The van der Waals surface area contributed by atoms with Crippen LogP contribution in [0.2, 0.25) is 0 Å². The molecule has 16 nitrogen and oxygen atoms in total. The molecule has 0 aromatic rings. The van der Waals surface area contributed by atoms with Crippen molar-refractivity contribution in [1.82, 2.24) is 36.8 Å². The lowest BCUT2D eigenvalue weighted by molar-refractivity contribution is -0.142. The zero-order chi connectivity index (χ0) is 36.9. The number of carbonyl (C=O) groups excluding carboxylic acids is 7. The van der Waals surface area contributed by atoms with Crippen LogP contribution < -0.4 is 31.9 Å². The highest BCUT2D eigenvalue weighted by atomic mass is 16.4. The van der Waals surface area contributed by atoms with E-state index in [1.54, 1.807) is 27.7 Å². The first-order valence-corrected chi connectivity index (χ1v) is 16.3. The zero-order valence-corrected chi connectivity index (χ0v) is 29.2. The summed E-state index contributed by atoms with van der Waals surface area (Å²) in [5.41, 5.74) is -0.369. The molecule has 0 saturated carbocycles. The van der Waals surface area contributed by atoms with Gasteiger partial charge in [-0.1, -0.05) is 54.5 Å². The van der Waals surface area contributed by atoms with Gasteiger partial charge in [0.1, 0.15) is 30.2 Å². The normalized spacial score (nSPS) is 17.3. The van der Waals surface area contributed by atoms with Gasteiger partial charge >= 0.3 is 5.97 Å². The number of nitrogens with zero attached hydrogens (tertiary/aromatic N) is 1. The van der Waals surface area contributed by atoms with Crippen LogP contribution in [0.1, 0.15) is 81.1 Å². The number of carboxylic acid groups (broad SMARTS) is 1. The number of aliphatic carboxylic acids is 1. The quantitative estimate of drug-likeness (QED) is 0.0928. The Morgan fingerprint density at radius 1 is 0.875 bits per heavy atom. The van der Waals surface area contributed by atoms with Gasteiger partial charge in [-0.25, -0.2) is 0 Å². The topological polar surface area (TPSA) is 232 Å². The summed E-state index contributed by atoms with van der Waals surface area (Å²) in [6.45, 7) is 16.8. The van der Waals surface area contributed by atoms with Crippen LogP contribution in [0, 0.1) is 17.8 Å². The highest BCUT2D eigenvalue weighted by Crippen LogP contribution is 2.21. The largest absolute Gasteiger partial charge is 0.480 e. The maximum Gasteiger partial charge on any atom is 0.325 e.